The second-order valence-electron chi connectivity index (χ2n) is 3.62. The van der Waals surface area contributed by atoms with E-state index in [-0.39, 0.29) is 11.4 Å². The number of nitro groups is 1. The van der Waals surface area contributed by atoms with Crippen molar-refractivity contribution in [2.45, 2.75) is 0 Å². The van der Waals surface area contributed by atoms with Gasteiger partial charge in [-0.05, 0) is 22.0 Å². The van der Waals surface area contributed by atoms with Crippen LogP contribution < -0.4 is 5.32 Å². The summed E-state index contributed by atoms with van der Waals surface area (Å²) in [4.78, 5) is 32.9. The molecule has 8 nitrogen and oxygen atoms in total. The van der Waals surface area contributed by atoms with Crippen LogP contribution in [0.4, 0.5) is 11.4 Å². The van der Waals surface area contributed by atoms with Gasteiger partial charge in [-0.3, -0.25) is 10.1 Å². The number of nitro benzene ring substituents is 1. The summed E-state index contributed by atoms with van der Waals surface area (Å²) in [5, 5.41) is 13.3. The number of carbonyl (C=O) groups excluding carboxylic acids is 2. The number of esters is 2. The van der Waals surface area contributed by atoms with Crippen molar-refractivity contribution in [3.8, 4) is 0 Å². The summed E-state index contributed by atoms with van der Waals surface area (Å²) < 4.78 is 9.30. The third-order valence-electron chi connectivity index (χ3n) is 2.30. The van der Waals surface area contributed by atoms with Gasteiger partial charge < -0.3 is 14.8 Å². The Morgan fingerprint density at radius 1 is 1.33 bits per heavy atom. The highest BCUT2D eigenvalue weighted by atomic mass is 79.9. The highest BCUT2D eigenvalue weighted by molar-refractivity contribution is 9.10. The molecular weight excluding hydrogens is 348 g/mol. The van der Waals surface area contributed by atoms with Crippen molar-refractivity contribution in [3.05, 3.63) is 44.6 Å². The molecule has 1 aromatic rings. The van der Waals surface area contributed by atoms with E-state index in [0.717, 1.165) is 20.3 Å². The van der Waals surface area contributed by atoms with Crippen molar-refractivity contribution in [1.82, 2.24) is 0 Å². The quantitative estimate of drug-likeness (QED) is 0.371. The maximum atomic E-state index is 11.6. The zero-order valence-electron chi connectivity index (χ0n) is 11.1. The van der Waals surface area contributed by atoms with Crippen LogP contribution in [0.3, 0.4) is 0 Å². The third kappa shape index (κ3) is 4.56. The first-order valence-electron chi connectivity index (χ1n) is 5.48. The molecule has 0 aliphatic heterocycles. The Hall–Kier alpha value is -2.42. The molecule has 1 aromatic carbocycles. The zero-order valence-corrected chi connectivity index (χ0v) is 12.7. The van der Waals surface area contributed by atoms with Crippen LogP contribution >= 0.6 is 15.9 Å². The van der Waals surface area contributed by atoms with Crippen LogP contribution in [0.15, 0.2) is 34.4 Å². The summed E-state index contributed by atoms with van der Waals surface area (Å²) in [6.07, 6.45) is 0.916. The number of nitrogens with one attached hydrogen (secondary N) is 1. The zero-order chi connectivity index (χ0) is 16.0. The molecule has 0 unspecified atom stereocenters. The average molecular weight is 359 g/mol. The smallest absolute Gasteiger partial charge is 0.354 e. The van der Waals surface area contributed by atoms with Crippen molar-refractivity contribution < 1.29 is 24.0 Å². The predicted molar refractivity (Wildman–Crippen MR) is 76.5 cm³/mol. The lowest BCUT2D eigenvalue weighted by atomic mass is 10.2. The fourth-order valence-electron chi connectivity index (χ4n) is 1.30. The summed E-state index contributed by atoms with van der Waals surface area (Å²) in [7, 11) is 2.32. The largest absolute Gasteiger partial charge is 0.466 e. The molecule has 0 heterocycles. The minimum Gasteiger partial charge on any atom is -0.466 e. The second kappa shape index (κ2) is 7.39. The van der Waals surface area contributed by atoms with E-state index < -0.39 is 16.9 Å². The molecule has 0 fully saturated rings. The molecule has 0 aliphatic rings. The van der Waals surface area contributed by atoms with Gasteiger partial charge in [0.25, 0.3) is 5.69 Å². The van der Waals surface area contributed by atoms with E-state index in [0.29, 0.717) is 10.2 Å². The molecule has 9 heteroatoms. The van der Waals surface area contributed by atoms with Crippen molar-refractivity contribution in [3.63, 3.8) is 0 Å². The molecule has 112 valence electrons. The van der Waals surface area contributed by atoms with Crippen molar-refractivity contribution in [2.75, 3.05) is 19.5 Å². The van der Waals surface area contributed by atoms with Crippen molar-refractivity contribution in [1.29, 1.82) is 0 Å². The van der Waals surface area contributed by atoms with E-state index >= 15 is 0 Å². The average Bonchev–Trinajstić information content (AvgIpc) is 2.46. The minimum absolute atomic E-state index is 0.121. The lowest BCUT2D eigenvalue weighted by Crippen LogP contribution is -2.15. The third-order valence-corrected chi connectivity index (χ3v) is 2.96. The van der Waals surface area contributed by atoms with Crippen molar-refractivity contribution in [2.24, 2.45) is 0 Å². The molecule has 0 aromatic heterocycles. The molecule has 0 saturated heterocycles. The van der Waals surface area contributed by atoms with Crippen LogP contribution in [-0.2, 0) is 19.1 Å². The molecule has 0 saturated carbocycles. The van der Waals surface area contributed by atoms with Gasteiger partial charge in [-0.25, -0.2) is 9.59 Å². The topological polar surface area (TPSA) is 108 Å². The first-order chi connectivity index (χ1) is 9.88. The molecule has 1 rings (SSSR count). The highest BCUT2D eigenvalue weighted by Crippen LogP contribution is 2.28. The first kappa shape index (κ1) is 16.6. The number of anilines is 1. The second-order valence-corrected chi connectivity index (χ2v) is 4.47. The van der Waals surface area contributed by atoms with Gasteiger partial charge in [0.2, 0.25) is 0 Å². The number of ether oxygens (including phenoxy) is 2. The maximum Gasteiger partial charge on any atom is 0.354 e. The lowest BCUT2D eigenvalue weighted by molar-refractivity contribution is -0.384. The van der Waals surface area contributed by atoms with E-state index in [9.17, 15) is 19.7 Å². The minimum atomic E-state index is -0.786. The summed E-state index contributed by atoms with van der Waals surface area (Å²) in [6.45, 7) is 0. The molecular formula is C12H11BrN2O6. The number of nitrogens with zero attached hydrogens (tertiary/aromatic N) is 1. The Bertz CT molecular complexity index is 614. The van der Waals surface area contributed by atoms with Gasteiger partial charge in [0, 0.05) is 16.6 Å². The standard InChI is InChI=1S/C12H11BrN2O6/c1-20-11(16)6-10(12(17)21-2)14-9-4-3-7(15(18)19)5-8(9)13/h3-6,14H,1-2H3/b10-6+. The summed E-state index contributed by atoms with van der Waals surface area (Å²) in [5.74, 6) is -1.54. The van der Waals surface area contributed by atoms with Gasteiger partial charge >= 0.3 is 11.9 Å². The van der Waals surface area contributed by atoms with Gasteiger partial charge in [0.15, 0.2) is 0 Å². The molecule has 0 spiro atoms. The van der Waals surface area contributed by atoms with E-state index in [1.165, 1.54) is 18.2 Å². The van der Waals surface area contributed by atoms with Gasteiger partial charge in [-0.1, -0.05) is 0 Å². The molecule has 0 aliphatic carbocycles. The number of non-ortho nitro benzene ring substituents is 1. The monoisotopic (exact) mass is 358 g/mol. The van der Waals surface area contributed by atoms with Crippen molar-refractivity contribution >= 4 is 39.2 Å². The van der Waals surface area contributed by atoms with Gasteiger partial charge in [0.1, 0.15) is 5.70 Å². The summed E-state index contributed by atoms with van der Waals surface area (Å²) in [5.41, 5.74) is 0.0593. The molecule has 21 heavy (non-hydrogen) atoms. The van der Waals surface area contributed by atoms with E-state index in [1.807, 2.05) is 0 Å². The van der Waals surface area contributed by atoms with Gasteiger partial charge in [0.05, 0.1) is 30.9 Å². The van der Waals surface area contributed by atoms with E-state index in [1.54, 1.807) is 0 Å². The Morgan fingerprint density at radius 3 is 2.48 bits per heavy atom. The van der Waals surface area contributed by atoms with Crippen LogP contribution in [0.2, 0.25) is 0 Å². The molecule has 1 N–H and O–H groups in total. The number of halogens is 1. The molecule has 0 atom stereocenters. The fraction of sp³-hybridized carbons (Fsp3) is 0.167. The molecule has 0 bridgehead atoms. The Labute approximate surface area is 128 Å². The number of hydrogen-bond acceptors (Lipinski definition) is 7. The number of methoxy groups -OCH3 is 2. The summed E-state index contributed by atoms with van der Waals surface area (Å²) >= 11 is 3.14. The Morgan fingerprint density at radius 2 is 2.00 bits per heavy atom. The number of benzene rings is 1. The highest BCUT2D eigenvalue weighted by Gasteiger charge is 2.15. The number of carbonyl (C=O) groups is 2. The molecule has 0 radical (unpaired) electrons. The lowest BCUT2D eigenvalue weighted by Gasteiger charge is -2.10. The van der Waals surface area contributed by atoms with Crippen LogP contribution in [0, 0.1) is 10.1 Å². The Kier molecular flexibility index (Phi) is 5.85. The fourth-order valence-corrected chi connectivity index (χ4v) is 1.76. The van der Waals surface area contributed by atoms with E-state index in [2.05, 4.69) is 30.7 Å². The van der Waals surface area contributed by atoms with Crippen LogP contribution in [0.5, 0.6) is 0 Å². The predicted octanol–water partition coefficient (Wildman–Crippen LogP) is 2.00. The van der Waals surface area contributed by atoms with E-state index in [4.69, 9.17) is 0 Å². The van der Waals surface area contributed by atoms with Gasteiger partial charge in [-0.2, -0.15) is 0 Å². The van der Waals surface area contributed by atoms with Crippen LogP contribution in [0.1, 0.15) is 0 Å². The normalized spacial score (nSPS) is 10.7. The SMILES string of the molecule is COC(=O)/C=C(/Nc1ccc([N+](=O)[O-])cc1Br)C(=O)OC. The van der Waals surface area contributed by atoms with Gasteiger partial charge in [-0.15, -0.1) is 0 Å². The first-order valence-corrected chi connectivity index (χ1v) is 6.27. The Balaban J connectivity index is 3.10. The number of hydrogen-bond donors (Lipinski definition) is 1. The number of rotatable bonds is 5. The maximum absolute atomic E-state index is 11.6. The molecule has 0 amide bonds. The summed E-state index contributed by atoms with van der Waals surface area (Å²) in [6, 6.07) is 3.89. The van der Waals surface area contributed by atoms with Crippen LogP contribution in [-0.4, -0.2) is 31.1 Å². The van der Waals surface area contributed by atoms with Crippen LogP contribution in [0.25, 0.3) is 0 Å².